The fourth-order valence-corrected chi connectivity index (χ4v) is 5.09. The molecule has 2 aromatic heterocycles. The van der Waals surface area contributed by atoms with Crippen LogP contribution in [0.25, 0.3) is 11.0 Å². The standard InChI is InChI=1S/C14H9Cl2IN2O2S/c1-8-2-4-9(5-3-8)22(20,21)19-12(17)6-10-13(16)11(15)7-18-14(10)19/h2-7H,1H3. The molecule has 1 aromatic carbocycles. The Kier molecular flexibility index (Phi) is 4.13. The number of benzene rings is 1. The third-order valence-electron chi connectivity index (χ3n) is 3.20. The van der Waals surface area contributed by atoms with Crippen LogP contribution in [0.2, 0.25) is 10.0 Å². The maximum Gasteiger partial charge on any atom is 0.270 e. The summed E-state index contributed by atoms with van der Waals surface area (Å²) < 4.78 is 27.4. The Bertz CT molecular complexity index is 982. The van der Waals surface area contributed by atoms with Crippen molar-refractivity contribution in [1.82, 2.24) is 8.96 Å². The number of fused-ring (bicyclic) bond motifs is 1. The number of rotatable bonds is 2. The van der Waals surface area contributed by atoms with Crippen LogP contribution in [0, 0.1) is 10.6 Å². The molecular weight excluding hydrogens is 458 g/mol. The molecule has 0 N–H and O–H groups in total. The zero-order chi connectivity index (χ0) is 16.1. The Morgan fingerprint density at radius 1 is 1.18 bits per heavy atom. The van der Waals surface area contributed by atoms with Gasteiger partial charge in [-0.3, -0.25) is 0 Å². The molecule has 22 heavy (non-hydrogen) atoms. The Hall–Kier alpha value is -0.830. The fraction of sp³-hybridized carbons (Fsp3) is 0.0714. The van der Waals surface area contributed by atoms with Gasteiger partial charge in [0.1, 0.15) is 0 Å². The predicted octanol–water partition coefficient (Wildman–Crippen LogP) is 4.49. The minimum atomic E-state index is -3.75. The van der Waals surface area contributed by atoms with Crippen molar-refractivity contribution in [3.05, 3.63) is 55.8 Å². The quantitative estimate of drug-likeness (QED) is 0.522. The van der Waals surface area contributed by atoms with E-state index in [0.29, 0.717) is 14.1 Å². The molecule has 0 saturated carbocycles. The first-order chi connectivity index (χ1) is 10.3. The Morgan fingerprint density at radius 3 is 2.45 bits per heavy atom. The largest absolute Gasteiger partial charge is 0.270 e. The summed E-state index contributed by atoms with van der Waals surface area (Å²) in [6.07, 6.45) is 1.35. The highest BCUT2D eigenvalue weighted by Gasteiger charge is 2.24. The van der Waals surface area contributed by atoms with Gasteiger partial charge in [0.2, 0.25) is 0 Å². The first kappa shape index (κ1) is 16.0. The molecule has 0 unspecified atom stereocenters. The van der Waals surface area contributed by atoms with Crippen LogP contribution in [-0.4, -0.2) is 17.4 Å². The lowest BCUT2D eigenvalue weighted by Crippen LogP contribution is -2.15. The van der Waals surface area contributed by atoms with Crippen molar-refractivity contribution >= 4 is 66.8 Å². The van der Waals surface area contributed by atoms with Crippen molar-refractivity contribution in [3.8, 4) is 0 Å². The number of pyridine rings is 1. The molecule has 0 fully saturated rings. The zero-order valence-electron chi connectivity index (χ0n) is 11.2. The number of hydrogen-bond acceptors (Lipinski definition) is 3. The van der Waals surface area contributed by atoms with Crippen molar-refractivity contribution in [3.63, 3.8) is 0 Å². The highest BCUT2D eigenvalue weighted by atomic mass is 127. The molecule has 0 atom stereocenters. The summed E-state index contributed by atoms with van der Waals surface area (Å²) in [6, 6.07) is 8.31. The van der Waals surface area contributed by atoms with E-state index in [9.17, 15) is 8.42 Å². The molecule has 0 spiro atoms. The zero-order valence-corrected chi connectivity index (χ0v) is 15.7. The first-order valence-electron chi connectivity index (χ1n) is 6.15. The van der Waals surface area contributed by atoms with E-state index in [0.717, 1.165) is 5.56 Å². The minimum absolute atomic E-state index is 0.196. The summed E-state index contributed by atoms with van der Waals surface area (Å²) in [6.45, 7) is 1.90. The summed E-state index contributed by atoms with van der Waals surface area (Å²) in [5.74, 6) is 0. The van der Waals surface area contributed by atoms with Gasteiger partial charge in [0.15, 0.2) is 5.65 Å². The number of nitrogens with zero attached hydrogens (tertiary/aromatic N) is 2. The molecule has 0 radical (unpaired) electrons. The molecule has 3 rings (SSSR count). The molecule has 4 nitrogen and oxygen atoms in total. The second-order valence-corrected chi connectivity index (χ2v) is 8.38. The van der Waals surface area contributed by atoms with Crippen molar-refractivity contribution < 1.29 is 8.42 Å². The van der Waals surface area contributed by atoms with Crippen LogP contribution < -0.4 is 0 Å². The summed E-state index contributed by atoms with van der Waals surface area (Å²) in [4.78, 5) is 4.33. The monoisotopic (exact) mass is 466 g/mol. The minimum Gasteiger partial charge on any atom is -0.236 e. The topological polar surface area (TPSA) is 52.0 Å². The van der Waals surface area contributed by atoms with Gasteiger partial charge in [-0.15, -0.1) is 0 Å². The van der Waals surface area contributed by atoms with Gasteiger partial charge in [-0.1, -0.05) is 40.9 Å². The van der Waals surface area contributed by atoms with E-state index in [1.54, 1.807) is 30.3 Å². The normalized spacial score (nSPS) is 12.0. The van der Waals surface area contributed by atoms with E-state index in [-0.39, 0.29) is 15.6 Å². The molecule has 8 heteroatoms. The van der Waals surface area contributed by atoms with Gasteiger partial charge in [-0.25, -0.2) is 17.4 Å². The van der Waals surface area contributed by atoms with Crippen LogP contribution in [0.4, 0.5) is 0 Å². The van der Waals surface area contributed by atoms with Crippen LogP contribution >= 0.6 is 45.8 Å². The van der Waals surface area contributed by atoms with Crippen molar-refractivity contribution in [2.75, 3.05) is 0 Å². The van der Waals surface area contributed by atoms with E-state index < -0.39 is 10.0 Å². The molecule has 3 aromatic rings. The lowest BCUT2D eigenvalue weighted by molar-refractivity contribution is 0.588. The lowest BCUT2D eigenvalue weighted by atomic mass is 10.2. The van der Waals surface area contributed by atoms with Crippen LogP contribution in [0.15, 0.2) is 41.4 Å². The number of halogens is 3. The third-order valence-corrected chi connectivity index (χ3v) is 6.83. The molecule has 0 aliphatic carbocycles. The highest BCUT2D eigenvalue weighted by molar-refractivity contribution is 14.1. The predicted molar refractivity (Wildman–Crippen MR) is 96.2 cm³/mol. The number of aromatic nitrogens is 2. The number of aryl methyl sites for hydroxylation is 1. The van der Waals surface area contributed by atoms with Gasteiger partial charge in [-0.05, 0) is 47.7 Å². The fourth-order valence-electron chi connectivity index (χ4n) is 2.08. The maximum absolute atomic E-state index is 12.9. The van der Waals surface area contributed by atoms with Crippen molar-refractivity contribution in [2.45, 2.75) is 11.8 Å². The highest BCUT2D eigenvalue weighted by Crippen LogP contribution is 2.33. The molecule has 114 valence electrons. The van der Waals surface area contributed by atoms with E-state index in [1.165, 1.54) is 10.2 Å². The summed E-state index contributed by atoms with van der Waals surface area (Å²) in [5.41, 5.74) is 1.25. The average molecular weight is 467 g/mol. The van der Waals surface area contributed by atoms with E-state index >= 15 is 0 Å². The summed E-state index contributed by atoms with van der Waals surface area (Å²) in [7, 11) is -3.75. The second kappa shape index (κ2) is 5.67. The Balaban J connectivity index is 2.32. The van der Waals surface area contributed by atoms with Crippen LogP contribution in [0.3, 0.4) is 0 Å². The molecule has 0 saturated heterocycles. The first-order valence-corrected chi connectivity index (χ1v) is 9.43. The van der Waals surface area contributed by atoms with Gasteiger partial charge < -0.3 is 0 Å². The maximum atomic E-state index is 12.9. The lowest BCUT2D eigenvalue weighted by Gasteiger charge is -2.09. The molecule has 2 heterocycles. The van der Waals surface area contributed by atoms with Gasteiger partial charge in [0.05, 0.1) is 18.6 Å². The van der Waals surface area contributed by atoms with Crippen LogP contribution in [0.5, 0.6) is 0 Å². The van der Waals surface area contributed by atoms with Gasteiger partial charge in [0, 0.05) is 11.6 Å². The third kappa shape index (κ3) is 2.51. The van der Waals surface area contributed by atoms with E-state index in [4.69, 9.17) is 23.2 Å². The number of hydrogen-bond donors (Lipinski definition) is 0. The molecule has 0 amide bonds. The second-order valence-electron chi connectivity index (χ2n) is 4.71. The Labute approximate surface area is 151 Å². The van der Waals surface area contributed by atoms with Gasteiger partial charge >= 0.3 is 0 Å². The summed E-state index contributed by atoms with van der Waals surface area (Å²) in [5, 5.41) is 1.09. The Morgan fingerprint density at radius 2 is 1.82 bits per heavy atom. The van der Waals surface area contributed by atoms with Crippen molar-refractivity contribution in [1.29, 1.82) is 0 Å². The van der Waals surface area contributed by atoms with Gasteiger partial charge in [0.25, 0.3) is 10.0 Å². The van der Waals surface area contributed by atoms with Crippen molar-refractivity contribution in [2.24, 2.45) is 0 Å². The van der Waals surface area contributed by atoms with E-state index in [1.807, 2.05) is 29.5 Å². The SMILES string of the molecule is Cc1ccc(S(=O)(=O)n2c(I)cc3c(Cl)c(Cl)cnc32)cc1. The summed E-state index contributed by atoms with van der Waals surface area (Å²) >= 11 is 14.0. The average Bonchev–Trinajstić information content (AvgIpc) is 2.81. The molecule has 0 aliphatic rings. The van der Waals surface area contributed by atoms with Crippen LogP contribution in [-0.2, 0) is 10.0 Å². The molecular formula is C14H9Cl2IN2O2S. The van der Waals surface area contributed by atoms with Gasteiger partial charge in [-0.2, -0.15) is 0 Å². The molecule has 0 aliphatic heterocycles. The van der Waals surface area contributed by atoms with Crippen LogP contribution in [0.1, 0.15) is 5.56 Å². The van der Waals surface area contributed by atoms with E-state index in [2.05, 4.69) is 4.98 Å². The smallest absolute Gasteiger partial charge is 0.236 e. The molecule has 0 bridgehead atoms.